The number of aromatic nitrogens is 2. The van der Waals surface area contributed by atoms with Gasteiger partial charge in [0.25, 0.3) is 0 Å². The van der Waals surface area contributed by atoms with Crippen molar-refractivity contribution < 1.29 is 27.5 Å². The Balaban J connectivity index is 1.52. The molecule has 0 aliphatic carbocycles. The third-order valence-corrected chi connectivity index (χ3v) is 5.88. The van der Waals surface area contributed by atoms with Crippen molar-refractivity contribution in [3.8, 4) is 0 Å². The summed E-state index contributed by atoms with van der Waals surface area (Å²) in [5.74, 6) is 0.210. The predicted octanol–water partition coefficient (Wildman–Crippen LogP) is 3.50. The number of urea groups is 1. The lowest BCUT2D eigenvalue weighted by atomic mass is 10.0. The maximum atomic E-state index is 13.0. The number of rotatable bonds is 2. The first kappa shape index (κ1) is 25.8. The number of nitrogens with one attached hydrogen (secondary N) is 1. The monoisotopic (exact) mass is 486 g/mol. The van der Waals surface area contributed by atoms with E-state index in [1.54, 1.807) is 14.7 Å². The number of hydrogen-bond donors (Lipinski definition) is 1. The third-order valence-electron chi connectivity index (χ3n) is 5.88. The SMILES string of the molecule is C[C@@H]1CN(c2ncc(C(F)(F)F)cn2)C[C@H](C)N1C(=O)NC1CCN(C(=O)OC(C)(C)C)CC1. The topological polar surface area (TPSA) is 90.9 Å². The molecule has 1 N–H and O–H groups in total. The largest absolute Gasteiger partial charge is 0.444 e. The van der Waals surface area contributed by atoms with E-state index in [0.29, 0.717) is 39.0 Å². The number of hydrogen-bond acceptors (Lipinski definition) is 6. The molecule has 0 radical (unpaired) electrons. The summed E-state index contributed by atoms with van der Waals surface area (Å²) in [5.41, 5.74) is -1.45. The van der Waals surface area contributed by atoms with E-state index >= 15 is 0 Å². The lowest BCUT2D eigenvalue weighted by Crippen LogP contribution is -2.62. The lowest BCUT2D eigenvalue weighted by molar-refractivity contribution is -0.138. The molecule has 0 unspecified atom stereocenters. The minimum absolute atomic E-state index is 0.0538. The van der Waals surface area contributed by atoms with E-state index in [-0.39, 0.29) is 36.2 Å². The first-order valence-electron chi connectivity index (χ1n) is 11.5. The van der Waals surface area contributed by atoms with Crippen molar-refractivity contribution in [1.82, 2.24) is 25.1 Å². The fraction of sp³-hybridized carbons (Fsp3) is 0.727. The minimum atomic E-state index is -4.49. The van der Waals surface area contributed by atoms with E-state index < -0.39 is 17.3 Å². The van der Waals surface area contributed by atoms with Crippen LogP contribution in [-0.4, -0.2) is 81.8 Å². The standard InChI is InChI=1S/C22H33F3N6O3/c1-14-12-30(18-26-10-16(11-27-18)22(23,24)25)13-15(2)31(14)19(32)28-17-6-8-29(9-7-17)20(33)34-21(3,4)5/h10-11,14-15,17H,6-9,12-13H2,1-5H3,(H,28,32)/t14-,15+. The molecule has 0 spiro atoms. The first-order chi connectivity index (χ1) is 15.7. The van der Waals surface area contributed by atoms with Crippen LogP contribution in [0.5, 0.6) is 0 Å². The van der Waals surface area contributed by atoms with Crippen LogP contribution in [0.15, 0.2) is 12.4 Å². The second-order valence-corrected chi connectivity index (χ2v) is 9.97. The Labute approximate surface area is 197 Å². The van der Waals surface area contributed by atoms with Crippen LogP contribution in [-0.2, 0) is 10.9 Å². The number of carbonyl (C=O) groups excluding carboxylic acids is 2. The average molecular weight is 487 g/mol. The van der Waals surface area contributed by atoms with Gasteiger partial charge in [0.05, 0.1) is 5.56 Å². The molecule has 0 aromatic carbocycles. The Bertz CT molecular complexity index is 854. The van der Waals surface area contributed by atoms with Crippen LogP contribution in [0.4, 0.5) is 28.7 Å². The van der Waals surface area contributed by atoms with Gasteiger partial charge in [0.1, 0.15) is 5.60 Å². The molecule has 1 aromatic heterocycles. The quantitative estimate of drug-likeness (QED) is 0.688. The molecule has 0 bridgehead atoms. The summed E-state index contributed by atoms with van der Waals surface area (Å²) in [6, 6.07) is -0.640. The first-order valence-corrected chi connectivity index (χ1v) is 11.5. The Morgan fingerprint density at radius 1 is 1.03 bits per heavy atom. The van der Waals surface area contributed by atoms with Gasteiger partial charge in [-0.15, -0.1) is 0 Å². The highest BCUT2D eigenvalue weighted by atomic mass is 19.4. The van der Waals surface area contributed by atoms with Gasteiger partial charge in [-0.3, -0.25) is 0 Å². The number of piperidine rings is 1. The number of likely N-dealkylation sites (tertiary alicyclic amines) is 1. The predicted molar refractivity (Wildman–Crippen MR) is 119 cm³/mol. The van der Waals surface area contributed by atoms with Gasteiger partial charge in [-0.05, 0) is 47.5 Å². The molecule has 12 heteroatoms. The van der Waals surface area contributed by atoms with Gasteiger partial charge in [-0.2, -0.15) is 13.2 Å². The molecule has 0 saturated carbocycles. The Morgan fingerprint density at radius 3 is 2.03 bits per heavy atom. The zero-order chi connectivity index (χ0) is 25.3. The molecule has 2 atom stereocenters. The fourth-order valence-corrected chi connectivity index (χ4v) is 4.30. The Hall–Kier alpha value is -2.79. The van der Waals surface area contributed by atoms with Gasteiger partial charge in [0.2, 0.25) is 5.95 Å². The molecule has 34 heavy (non-hydrogen) atoms. The van der Waals surface area contributed by atoms with Crippen LogP contribution in [0.3, 0.4) is 0 Å². The van der Waals surface area contributed by atoms with Crippen molar-refractivity contribution in [3.63, 3.8) is 0 Å². The molecular formula is C22H33F3N6O3. The summed E-state index contributed by atoms with van der Waals surface area (Å²) in [5, 5.41) is 3.07. The zero-order valence-electron chi connectivity index (χ0n) is 20.2. The maximum absolute atomic E-state index is 13.0. The zero-order valence-corrected chi connectivity index (χ0v) is 20.2. The van der Waals surface area contributed by atoms with E-state index in [1.807, 2.05) is 34.6 Å². The molecule has 190 valence electrons. The highest BCUT2D eigenvalue weighted by molar-refractivity contribution is 5.76. The number of anilines is 1. The number of piperazine rings is 1. The van der Waals surface area contributed by atoms with Crippen molar-refractivity contribution in [2.24, 2.45) is 0 Å². The van der Waals surface area contributed by atoms with Crippen LogP contribution >= 0.6 is 0 Å². The summed E-state index contributed by atoms with van der Waals surface area (Å²) in [6.07, 6.45) is -2.01. The van der Waals surface area contributed by atoms with Crippen molar-refractivity contribution >= 4 is 18.1 Å². The third kappa shape index (κ3) is 6.41. The van der Waals surface area contributed by atoms with Gasteiger partial charge in [0, 0.05) is 56.7 Å². The van der Waals surface area contributed by atoms with E-state index in [2.05, 4.69) is 15.3 Å². The van der Waals surface area contributed by atoms with Crippen LogP contribution in [0, 0.1) is 0 Å². The van der Waals surface area contributed by atoms with Gasteiger partial charge in [0.15, 0.2) is 0 Å². The maximum Gasteiger partial charge on any atom is 0.419 e. The molecule has 3 heterocycles. The van der Waals surface area contributed by atoms with Crippen molar-refractivity contribution in [3.05, 3.63) is 18.0 Å². The van der Waals surface area contributed by atoms with E-state index in [1.165, 1.54) is 0 Å². The molecule has 2 saturated heterocycles. The number of carbonyl (C=O) groups is 2. The van der Waals surface area contributed by atoms with Gasteiger partial charge >= 0.3 is 18.3 Å². The molecule has 2 aliphatic rings. The number of amides is 3. The van der Waals surface area contributed by atoms with Crippen molar-refractivity contribution in [2.45, 2.75) is 77.4 Å². The number of nitrogens with zero attached hydrogens (tertiary/aromatic N) is 5. The summed E-state index contributed by atoms with van der Waals surface area (Å²) in [6.45, 7) is 11.1. The smallest absolute Gasteiger partial charge is 0.419 e. The summed E-state index contributed by atoms with van der Waals surface area (Å²) in [7, 11) is 0. The number of ether oxygens (including phenoxy) is 1. The molecule has 3 rings (SSSR count). The van der Waals surface area contributed by atoms with Crippen LogP contribution in [0.2, 0.25) is 0 Å². The summed E-state index contributed by atoms with van der Waals surface area (Å²) >= 11 is 0. The van der Waals surface area contributed by atoms with Crippen LogP contribution < -0.4 is 10.2 Å². The van der Waals surface area contributed by atoms with Crippen molar-refractivity contribution in [2.75, 3.05) is 31.1 Å². The van der Waals surface area contributed by atoms with Crippen LogP contribution in [0.1, 0.15) is 53.0 Å². The highest BCUT2D eigenvalue weighted by Gasteiger charge is 2.36. The van der Waals surface area contributed by atoms with Gasteiger partial charge in [-0.25, -0.2) is 19.6 Å². The minimum Gasteiger partial charge on any atom is -0.444 e. The lowest BCUT2D eigenvalue weighted by Gasteiger charge is -2.45. The van der Waals surface area contributed by atoms with Gasteiger partial charge < -0.3 is 24.8 Å². The molecule has 3 amide bonds. The normalized spacial score (nSPS) is 22.5. The number of halogens is 3. The van der Waals surface area contributed by atoms with E-state index in [4.69, 9.17) is 4.74 Å². The molecular weight excluding hydrogens is 453 g/mol. The second-order valence-electron chi connectivity index (χ2n) is 9.97. The fourth-order valence-electron chi connectivity index (χ4n) is 4.30. The molecule has 2 fully saturated rings. The summed E-state index contributed by atoms with van der Waals surface area (Å²) in [4.78, 5) is 38.2. The molecule has 9 nitrogen and oxygen atoms in total. The molecule has 2 aliphatic heterocycles. The summed E-state index contributed by atoms with van der Waals surface area (Å²) < 4.78 is 43.7. The average Bonchev–Trinajstić information content (AvgIpc) is 2.72. The van der Waals surface area contributed by atoms with Crippen molar-refractivity contribution in [1.29, 1.82) is 0 Å². The Kier molecular flexibility index (Phi) is 7.47. The highest BCUT2D eigenvalue weighted by Crippen LogP contribution is 2.29. The Morgan fingerprint density at radius 2 is 1.56 bits per heavy atom. The van der Waals surface area contributed by atoms with Gasteiger partial charge in [-0.1, -0.05) is 0 Å². The number of alkyl halides is 3. The second kappa shape index (κ2) is 9.83. The molecule has 1 aromatic rings. The van der Waals surface area contributed by atoms with E-state index in [0.717, 1.165) is 12.4 Å². The van der Waals surface area contributed by atoms with E-state index in [9.17, 15) is 22.8 Å². The van der Waals surface area contributed by atoms with Crippen LogP contribution in [0.25, 0.3) is 0 Å².